The van der Waals surface area contributed by atoms with Gasteiger partial charge in [-0.2, -0.15) is 0 Å². The third-order valence-corrected chi connectivity index (χ3v) is 7.81. The number of carboxylic acid groups (broad SMARTS) is 1. The summed E-state index contributed by atoms with van der Waals surface area (Å²) in [5.74, 6) is 0.170. The van der Waals surface area contributed by atoms with E-state index in [-0.39, 0.29) is 23.4 Å². The summed E-state index contributed by atoms with van der Waals surface area (Å²) >= 11 is 0. The molecule has 0 saturated carbocycles. The number of aliphatic hydroxyl groups is 1. The topological polar surface area (TPSA) is 66.8 Å². The second kappa shape index (κ2) is 13.3. The third-order valence-electron chi connectivity index (χ3n) is 7.81. The van der Waals surface area contributed by atoms with Crippen LogP contribution in [0.5, 0.6) is 5.75 Å². The van der Waals surface area contributed by atoms with Crippen LogP contribution in [0.25, 0.3) is 0 Å². The molecule has 0 aliphatic rings. The van der Waals surface area contributed by atoms with E-state index >= 15 is 0 Å². The van der Waals surface area contributed by atoms with Gasteiger partial charge in [0.05, 0.1) is 12.7 Å². The van der Waals surface area contributed by atoms with Gasteiger partial charge in [0.15, 0.2) is 0 Å². The summed E-state index contributed by atoms with van der Waals surface area (Å²) in [6, 6.07) is 13.5. The van der Waals surface area contributed by atoms with Crippen LogP contribution in [-0.2, 0) is 16.6 Å². The minimum atomic E-state index is -0.734. The molecular weight excluding hydrogens is 448 g/mol. The zero-order valence-electron chi connectivity index (χ0n) is 23.6. The van der Waals surface area contributed by atoms with Crippen LogP contribution in [0.2, 0.25) is 0 Å². The van der Waals surface area contributed by atoms with Crippen molar-refractivity contribution in [1.82, 2.24) is 0 Å². The molecule has 36 heavy (non-hydrogen) atoms. The standard InChI is InChI=1S/C32H48O4/c1-8-32(9-2,26-16-14-25(23(3)21-26)15-19-29(33)31(5,6)7)27-17-18-28(24(4)22-27)36-20-12-10-11-13-30(34)35/h14,16-18,21-22,29,33H,8-13,15,19-20H2,1-7H3,(H,34,35). The van der Waals surface area contributed by atoms with Gasteiger partial charge in [0.1, 0.15) is 5.75 Å². The molecule has 0 saturated heterocycles. The molecule has 0 aliphatic carbocycles. The zero-order valence-corrected chi connectivity index (χ0v) is 23.6. The van der Waals surface area contributed by atoms with Gasteiger partial charge in [0, 0.05) is 11.8 Å². The summed E-state index contributed by atoms with van der Waals surface area (Å²) < 4.78 is 6.02. The Bertz CT molecular complexity index is 982. The molecular formula is C32H48O4. The molecule has 0 aliphatic heterocycles. The largest absolute Gasteiger partial charge is 0.493 e. The van der Waals surface area contributed by atoms with Crippen LogP contribution < -0.4 is 4.74 Å². The molecule has 2 aromatic rings. The van der Waals surface area contributed by atoms with Crippen molar-refractivity contribution in [2.45, 2.75) is 111 Å². The number of carboxylic acids is 1. The fraction of sp³-hybridized carbons (Fsp3) is 0.594. The average molecular weight is 497 g/mol. The lowest BCUT2D eigenvalue weighted by Crippen LogP contribution is -2.27. The predicted octanol–water partition coefficient (Wildman–Crippen LogP) is 7.77. The second-order valence-electron chi connectivity index (χ2n) is 11.4. The smallest absolute Gasteiger partial charge is 0.303 e. The van der Waals surface area contributed by atoms with Gasteiger partial charge in [0.2, 0.25) is 0 Å². The van der Waals surface area contributed by atoms with E-state index in [4.69, 9.17) is 9.84 Å². The maximum absolute atomic E-state index is 10.6. The highest BCUT2D eigenvalue weighted by atomic mass is 16.5. The first-order chi connectivity index (χ1) is 16.9. The predicted molar refractivity (Wildman–Crippen MR) is 149 cm³/mol. The maximum Gasteiger partial charge on any atom is 0.303 e. The van der Waals surface area contributed by atoms with Crippen molar-refractivity contribution in [2.24, 2.45) is 5.41 Å². The molecule has 0 aromatic heterocycles. The highest BCUT2D eigenvalue weighted by Crippen LogP contribution is 2.41. The average Bonchev–Trinajstić information content (AvgIpc) is 2.82. The first-order valence-electron chi connectivity index (χ1n) is 13.7. The number of rotatable bonds is 14. The molecule has 2 aromatic carbocycles. The van der Waals surface area contributed by atoms with Crippen LogP contribution in [0.15, 0.2) is 36.4 Å². The Morgan fingerprint density at radius 1 is 0.917 bits per heavy atom. The van der Waals surface area contributed by atoms with Gasteiger partial charge in [-0.15, -0.1) is 0 Å². The first kappa shape index (κ1) is 29.9. The van der Waals surface area contributed by atoms with Crippen LogP contribution in [0.4, 0.5) is 0 Å². The summed E-state index contributed by atoms with van der Waals surface area (Å²) in [5, 5.41) is 19.2. The molecule has 0 spiro atoms. The van der Waals surface area contributed by atoms with E-state index in [0.717, 1.165) is 49.8 Å². The van der Waals surface area contributed by atoms with Gasteiger partial charge in [-0.1, -0.05) is 65.0 Å². The molecule has 4 nitrogen and oxygen atoms in total. The lowest BCUT2D eigenvalue weighted by Gasteiger charge is -2.34. The molecule has 1 atom stereocenters. The number of carbonyl (C=O) groups is 1. The number of hydrogen-bond acceptors (Lipinski definition) is 3. The molecule has 0 radical (unpaired) electrons. The van der Waals surface area contributed by atoms with Crippen LogP contribution in [-0.4, -0.2) is 28.9 Å². The molecule has 4 heteroatoms. The monoisotopic (exact) mass is 496 g/mol. The Morgan fingerprint density at radius 2 is 1.53 bits per heavy atom. The molecule has 2 N–H and O–H groups in total. The number of aliphatic carboxylic acids is 1. The fourth-order valence-corrected chi connectivity index (χ4v) is 5.08. The van der Waals surface area contributed by atoms with Crippen LogP contribution in [0.1, 0.15) is 107 Å². The van der Waals surface area contributed by atoms with Crippen LogP contribution >= 0.6 is 0 Å². The summed E-state index contributed by atoms with van der Waals surface area (Å²) in [6.45, 7) is 15.7. The molecule has 0 fully saturated rings. The number of aryl methyl sites for hydroxylation is 3. The van der Waals surface area contributed by atoms with Gasteiger partial charge >= 0.3 is 5.97 Å². The number of benzene rings is 2. The number of ether oxygens (including phenoxy) is 1. The molecule has 200 valence electrons. The highest BCUT2D eigenvalue weighted by Gasteiger charge is 2.31. The second-order valence-corrected chi connectivity index (χ2v) is 11.4. The Balaban J connectivity index is 2.16. The zero-order chi connectivity index (χ0) is 26.9. The Labute approximate surface area is 219 Å². The highest BCUT2D eigenvalue weighted by molar-refractivity contribution is 5.66. The van der Waals surface area contributed by atoms with Gasteiger partial charge in [-0.3, -0.25) is 4.79 Å². The van der Waals surface area contributed by atoms with Gasteiger partial charge in [-0.05, 0) is 98.1 Å². The minimum absolute atomic E-state index is 0.0612. The first-order valence-corrected chi connectivity index (χ1v) is 13.7. The van der Waals surface area contributed by atoms with Crippen molar-refractivity contribution in [3.63, 3.8) is 0 Å². The van der Waals surface area contributed by atoms with E-state index in [1.54, 1.807) is 0 Å². The normalized spacial score (nSPS) is 13.0. The van der Waals surface area contributed by atoms with E-state index in [1.165, 1.54) is 22.3 Å². The van der Waals surface area contributed by atoms with Crippen molar-refractivity contribution >= 4 is 5.97 Å². The lowest BCUT2D eigenvalue weighted by atomic mass is 9.69. The number of hydrogen-bond donors (Lipinski definition) is 2. The van der Waals surface area contributed by atoms with Crippen molar-refractivity contribution in [3.8, 4) is 5.75 Å². The van der Waals surface area contributed by atoms with Crippen LogP contribution in [0.3, 0.4) is 0 Å². The van der Waals surface area contributed by atoms with E-state index in [2.05, 4.69) is 84.9 Å². The lowest BCUT2D eigenvalue weighted by molar-refractivity contribution is -0.137. The SMILES string of the molecule is CCC(CC)(c1ccc(CCC(O)C(C)(C)C)c(C)c1)c1ccc(OCCCCCC(=O)O)c(C)c1. The Morgan fingerprint density at radius 3 is 2.06 bits per heavy atom. The van der Waals surface area contributed by atoms with E-state index in [9.17, 15) is 9.90 Å². The maximum atomic E-state index is 10.6. The molecule has 2 rings (SSSR count). The molecule has 0 bridgehead atoms. The molecule has 1 unspecified atom stereocenters. The van der Waals surface area contributed by atoms with Crippen molar-refractivity contribution in [1.29, 1.82) is 0 Å². The number of unbranched alkanes of at least 4 members (excludes halogenated alkanes) is 2. The minimum Gasteiger partial charge on any atom is -0.493 e. The van der Waals surface area contributed by atoms with Crippen molar-refractivity contribution in [2.75, 3.05) is 6.61 Å². The fourth-order valence-electron chi connectivity index (χ4n) is 5.08. The summed E-state index contributed by atoms with van der Waals surface area (Å²) in [6.07, 6.45) is 6.01. The Hall–Kier alpha value is -2.33. The third kappa shape index (κ3) is 7.83. The summed E-state index contributed by atoms with van der Waals surface area (Å²) in [7, 11) is 0. The number of aliphatic hydroxyl groups excluding tert-OH is 1. The van der Waals surface area contributed by atoms with Crippen LogP contribution in [0, 0.1) is 19.3 Å². The van der Waals surface area contributed by atoms with Gasteiger partial charge < -0.3 is 14.9 Å². The Kier molecular flexibility index (Phi) is 11.0. The van der Waals surface area contributed by atoms with Gasteiger partial charge in [0.25, 0.3) is 0 Å². The van der Waals surface area contributed by atoms with E-state index in [0.29, 0.717) is 13.0 Å². The molecule has 0 heterocycles. The summed E-state index contributed by atoms with van der Waals surface area (Å²) in [5.41, 5.74) is 6.24. The van der Waals surface area contributed by atoms with E-state index in [1.807, 2.05) is 0 Å². The van der Waals surface area contributed by atoms with Crippen molar-refractivity contribution in [3.05, 3.63) is 64.2 Å². The van der Waals surface area contributed by atoms with E-state index < -0.39 is 5.97 Å². The van der Waals surface area contributed by atoms with Gasteiger partial charge in [-0.25, -0.2) is 0 Å². The quantitative estimate of drug-likeness (QED) is 0.262. The van der Waals surface area contributed by atoms with Crippen molar-refractivity contribution < 1.29 is 19.7 Å². The summed E-state index contributed by atoms with van der Waals surface area (Å²) in [4.78, 5) is 10.6. The molecule has 0 amide bonds.